The maximum atomic E-state index is 11.5. The molecule has 18 heavy (non-hydrogen) atoms. The number of hydrogen-bond donors (Lipinski definition) is 2. The van der Waals surface area contributed by atoms with Crippen LogP contribution >= 0.6 is 38.6 Å². The lowest BCUT2D eigenvalue weighted by Crippen LogP contribution is -2.13. The van der Waals surface area contributed by atoms with Gasteiger partial charge < -0.3 is 11.1 Å². The molecule has 0 aliphatic heterocycles. The molecule has 0 aliphatic rings. The van der Waals surface area contributed by atoms with Gasteiger partial charge in [0.15, 0.2) is 5.13 Å². The Bertz CT molecular complexity index is 538. The molecule has 0 bridgehead atoms. The van der Waals surface area contributed by atoms with Crippen LogP contribution in [0.4, 0.5) is 5.13 Å². The molecule has 0 saturated carbocycles. The van der Waals surface area contributed by atoms with Crippen molar-refractivity contribution >= 4 is 49.6 Å². The zero-order valence-corrected chi connectivity index (χ0v) is 12.7. The Balaban J connectivity index is 2.00. The van der Waals surface area contributed by atoms with Crippen molar-refractivity contribution in [2.75, 3.05) is 11.9 Å². The van der Waals surface area contributed by atoms with Gasteiger partial charge in [-0.05, 0) is 35.0 Å². The van der Waals surface area contributed by atoms with Crippen LogP contribution in [0.3, 0.4) is 0 Å². The SMILES string of the molecule is NCCCC(=O)Nc1nc(-c2cc(Br)cs2)cs1. The summed E-state index contributed by atoms with van der Waals surface area (Å²) in [4.78, 5) is 17.0. The molecule has 0 unspecified atom stereocenters. The lowest BCUT2D eigenvalue weighted by Gasteiger charge is -1.99. The van der Waals surface area contributed by atoms with Crippen molar-refractivity contribution < 1.29 is 4.79 Å². The lowest BCUT2D eigenvalue weighted by atomic mass is 10.3. The quantitative estimate of drug-likeness (QED) is 0.873. The van der Waals surface area contributed by atoms with Crippen molar-refractivity contribution in [3.8, 4) is 10.6 Å². The molecule has 2 heterocycles. The summed E-state index contributed by atoms with van der Waals surface area (Å²) in [5.74, 6) is -0.0336. The van der Waals surface area contributed by atoms with Gasteiger partial charge in [0.25, 0.3) is 0 Å². The second-order valence-electron chi connectivity index (χ2n) is 3.61. The summed E-state index contributed by atoms with van der Waals surface area (Å²) in [6.45, 7) is 0.528. The maximum absolute atomic E-state index is 11.5. The molecule has 3 N–H and O–H groups in total. The van der Waals surface area contributed by atoms with Gasteiger partial charge in [0.1, 0.15) is 0 Å². The fourth-order valence-corrected chi connectivity index (χ4v) is 3.53. The molecule has 0 spiro atoms. The summed E-state index contributed by atoms with van der Waals surface area (Å²) in [5.41, 5.74) is 6.25. The summed E-state index contributed by atoms with van der Waals surface area (Å²) in [6.07, 6.45) is 1.14. The minimum absolute atomic E-state index is 0.0336. The number of hydrogen-bond acceptors (Lipinski definition) is 5. The highest BCUT2D eigenvalue weighted by Gasteiger charge is 2.09. The Hall–Kier alpha value is -0.760. The van der Waals surface area contributed by atoms with Crippen molar-refractivity contribution in [1.82, 2.24) is 4.98 Å². The molecule has 0 aliphatic carbocycles. The summed E-state index contributed by atoms with van der Waals surface area (Å²) in [5, 5.41) is 7.36. The third kappa shape index (κ3) is 3.61. The van der Waals surface area contributed by atoms with Gasteiger partial charge in [-0.2, -0.15) is 0 Å². The first-order valence-electron chi connectivity index (χ1n) is 5.39. The minimum Gasteiger partial charge on any atom is -0.330 e. The molecule has 0 saturated heterocycles. The second-order valence-corrected chi connectivity index (χ2v) is 6.29. The molecule has 0 atom stereocenters. The van der Waals surface area contributed by atoms with Gasteiger partial charge in [-0.3, -0.25) is 4.79 Å². The van der Waals surface area contributed by atoms with Gasteiger partial charge in [0, 0.05) is 21.7 Å². The van der Waals surface area contributed by atoms with E-state index in [-0.39, 0.29) is 5.91 Å². The van der Waals surface area contributed by atoms with E-state index in [9.17, 15) is 4.79 Å². The third-order valence-electron chi connectivity index (χ3n) is 2.18. The summed E-state index contributed by atoms with van der Waals surface area (Å²) in [7, 11) is 0. The minimum atomic E-state index is -0.0336. The van der Waals surface area contributed by atoms with E-state index in [2.05, 4.69) is 26.2 Å². The number of thiophene rings is 1. The molecule has 2 aromatic rings. The van der Waals surface area contributed by atoms with Crippen LogP contribution in [0.25, 0.3) is 10.6 Å². The number of carbonyl (C=O) groups excluding carboxylic acids is 1. The van der Waals surface area contributed by atoms with E-state index in [1.807, 2.05) is 16.8 Å². The average molecular weight is 346 g/mol. The second kappa shape index (κ2) is 6.42. The zero-order chi connectivity index (χ0) is 13.0. The summed E-state index contributed by atoms with van der Waals surface area (Å²) in [6, 6.07) is 2.01. The first kappa shape index (κ1) is 13.7. The number of halogens is 1. The predicted molar refractivity (Wildman–Crippen MR) is 80.0 cm³/mol. The highest BCUT2D eigenvalue weighted by Crippen LogP contribution is 2.31. The molecule has 7 heteroatoms. The number of nitrogens with one attached hydrogen (secondary N) is 1. The molecule has 0 aromatic carbocycles. The molecule has 2 rings (SSSR count). The third-order valence-corrected chi connectivity index (χ3v) is 4.65. The number of rotatable bonds is 5. The number of aromatic nitrogens is 1. The van der Waals surface area contributed by atoms with Crippen molar-refractivity contribution in [2.45, 2.75) is 12.8 Å². The molecular weight excluding hydrogens is 334 g/mol. The van der Waals surface area contributed by atoms with Crippen LogP contribution in [0.15, 0.2) is 21.3 Å². The molecule has 0 radical (unpaired) electrons. The molecule has 1 amide bonds. The molecule has 0 fully saturated rings. The number of carbonyl (C=O) groups is 1. The monoisotopic (exact) mass is 345 g/mol. The van der Waals surface area contributed by atoms with Crippen molar-refractivity contribution in [2.24, 2.45) is 5.73 Å². The highest BCUT2D eigenvalue weighted by molar-refractivity contribution is 9.10. The van der Waals surface area contributed by atoms with Crippen LogP contribution in [-0.2, 0) is 4.79 Å². The number of thiazole rings is 1. The van der Waals surface area contributed by atoms with Gasteiger partial charge in [0.2, 0.25) is 5.91 Å². The molecule has 96 valence electrons. The topological polar surface area (TPSA) is 68.0 Å². The van der Waals surface area contributed by atoms with Crippen LogP contribution in [0, 0.1) is 0 Å². The van der Waals surface area contributed by atoms with E-state index in [0.29, 0.717) is 24.5 Å². The number of amides is 1. The number of nitrogens with two attached hydrogens (primary N) is 1. The van der Waals surface area contributed by atoms with Gasteiger partial charge >= 0.3 is 0 Å². The van der Waals surface area contributed by atoms with Gasteiger partial charge in [-0.1, -0.05) is 0 Å². The average Bonchev–Trinajstić information content (AvgIpc) is 2.95. The number of anilines is 1. The molecule has 4 nitrogen and oxygen atoms in total. The Morgan fingerprint density at radius 2 is 2.28 bits per heavy atom. The van der Waals surface area contributed by atoms with Crippen molar-refractivity contribution in [3.63, 3.8) is 0 Å². The van der Waals surface area contributed by atoms with Gasteiger partial charge in [0.05, 0.1) is 10.6 Å². The fraction of sp³-hybridized carbons (Fsp3) is 0.273. The van der Waals surface area contributed by atoms with E-state index in [1.165, 1.54) is 11.3 Å². The highest BCUT2D eigenvalue weighted by atomic mass is 79.9. The Morgan fingerprint density at radius 1 is 1.44 bits per heavy atom. The van der Waals surface area contributed by atoms with E-state index < -0.39 is 0 Å². The maximum Gasteiger partial charge on any atom is 0.226 e. The van der Waals surface area contributed by atoms with Crippen molar-refractivity contribution in [1.29, 1.82) is 0 Å². The standard InChI is InChI=1S/C11H12BrN3OS2/c12-7-4-9(17-5-7)8-6-18-11(14-8)15-10(16)2-1-3-13/h4-6H,1-3,13H2,(H,14,15,16). The number of nitrogens with zero attached hydrogens (tertiary/aromatic N) is 1. The van der Waals surface area contributed by atoms with Gasteiger partial charge in [-0.15, -0.1) is 22.7 Å². The molecule has 2 aromatic heterocycles. The normalized spacial score (nSPS) is 10.6. The Morgan fingerprint density at radius 3 is 2.94 bits per heavy atom. The summed E-state index contributed by atoms with van der Waals surface area (Å²) >= 11 is 6.46. The Labute approximate surface area is 121 Å². The predicted octanol–water partition coefficient (Wildman–Crippen LogP) is 3.31. The van der Waals surface area contributed by atoms with E-state index in [4.69, 9.17) is 5.73 Å². The van der Waals surface area contributed by atoms with E-state index >= 15 is 0 Å². The largest absolute Gasteiger partial charge is 0.330 e. The van der Waals surface area contributed by atoms with Crippen LogP contribution in [-0.4, -0.2) is 17.4 Å². The van der Waals surface area contributed by atoms with E-state index in [1.54, 1.807) is 11.3 Å². The fourth-order valence-electron chi connectivity index (χ4n) is 1.34. The summed E-state index contributed by atoms with van der Waals surface area (Å²) < 4.78 is 1.05. The van der Waals surface area contributed by atoms with Crippen LogP contribution < -0.4 is 11.1 Å². The van der Waals surface area contributed by atoms with Crippen LogP contribution in [0.2, 0.25) is 0 Å². The van der Waals surface area contributed by atoms with Crippen molar-refractivity contribution in [3.05, 3.63) is 21.3 Å². The Kier molecular flexibility index (Phi) is 4.87. The lowest BCUT2D eigenvalue weighted by molar-refractivity contribution is -0.116. The van der Waals surface area contributed by atoms with Gasteiger partial charge in [-0.25, -0.2) is 4.98 Å². The van der Waals surface area contributed by atoms with Crippen LogP contribution in [0.5, 0.6) is 0 Å². The van der Waals surface area contributed by atoms with E-state index in [0.717, 1.165) is 15.0 Å². The molecular formula is C11H12BrN3OS2. The van der Waals surface area contributed by atoms with Crippen LogP contribution in [0.1, 0.15) is 12.8 Å². The zero-order valence-electron chi connectivity index (χ0n) is 9.48. The first-order valence-corrected chi connectivity index (χ1v) is 7.94. The smallest absolute Gasteiger partial charge is 0.226 e. The first-order chi connectivity index (χ1) is 8.69.